The van der Waals surface area contributed by atoms with E-state index in [1.165, 1.54) is 48.4 Å². The van der Waals surface area contributed by atoms with Gasteiger partial charge >= 0.3 is 0 Å². The number of ether oxygens (including phenoxy) is 1. The van der Waals surface area contributed by atoms with Gasteiger partial charge < -0.3 is 4.74 Å². The molecular weight excluding hydrogens is 324 g/mol. The lowest BCUT2D eigenvalue weighted by atomic mass is 10.0. The second kappa shape index (κ2) is 9.09. The summed E-state index contributed by atoms with van der Waals surface area (Å²) in [7, 11) is 0. The molecule has 2 rings (SSSR count). The van der Waals surface area contributed by atoms with E-state index in [4.69, 9.17) is 4.74 Å². The first kappa shape index (κ1) is 16.4. The van der Waals surface area contributed by atoms with Crippen LogP contribution in [0.1, 0.15) is 51.0 Å². The van der Waals surface area contributed by atoms with Crippen LogP contribution in [0.3, 0.4) is 0 Å². The molecule has 0 fully saturated rings. The standard InChI is InChI=1S/C19H25BrO/c1-2-3-4-5-6-9-14-21-19-13-12-16-10-7-8-11-17(16)18(19)15-20/h7-8,10-13H,2-6,9,14-15H2,1H3. The maximum atomic E-state index is 6.01. The molecule has 2 aromatic carbocycles. The van der Waals surface area contributed by atoms with E-state index >= 15 is 0 Å². The molecule has 0 aliphatic rings. The third-order valence-electron chi connectivity index (χ3n) is 3.89. The van der Waals surface area contributed by atoms with Gasteiger partial charge in [-0.25, -0.2) is 0 Å². The Kier molecular flexibility index (Phi) is 7.08. The molecule has 2 aromatic rings. The summed E-state index contributed by atoms with van der Waals surface area (Å²) in [4.78, 5) is 0. The molecule has 0 aliphatic carbocycles. The molecule has 0 aliphatic heterocycles. The Labute approximate surface area is 136 Å². The van der Waals surface area contributed by atoms with Gasteiger partial charge in [0.15, 0.2) is 0 Å². The lowest BCUT2D eigenvalue weighted by molar-refractivity contribution is 0.303. The van der Waals surface area contributed by atoms with Crippen molar-refractivity contribution in [2.75, 3.05) is 6.61 Å². The largest absolute Gasteiger partial charge is 0.493 e. The molecule has 0 saturated carbocycles. The zero-order valence-electron chi connectivity index (χ0n) is 12.9. The summed E-state index contributed by atoms with van der Waals surface area (Å²) in [6.07, 6.45) is 7.79. The predicted octanol–water partition coefficient (Wildman–Crippen LogP) is 6.47. The van der Waals surface area contributed by atoms with Crippen LogP contribution in [0.4, 0.5) is 0 Å². The van der Waals surface area contributed by atoms with Crippen LogP contribution in [0.15, 0.2) is 36.4 Å². The van der Waals surface area contributed by atoms with Crippen LogP contribution in [-0.4, -0.2) is 6.61 Å². The van der Waals surface area contributed by atoms with Crippen molar-refractivity contribution < 1.29 is 4.74 Å². The van der Waals surface area contributed by atoms with Gasteiger partial charge in [-0.05, 0) is 23.3 Å². The highest BCUT2D eigenvalue weighted by atomic mass is 79.9. The number of rotatable bonds is 9. The van der Waals surface area contributed by atoms with Crippen LogP contribution < -0.4 is 4.74 Å². The fraction of sp³-hybridized carbons (Fsp3) is 0.474. The number of alkyl halides is 1. The Hall–Kier alpha value is -1.02. The minimum absolute atomic E-state index is 0.824. The molecule has 0 radical (unpaired) electrons. The fourth-order valence-electron chi connectivity index (χ4n) is 2.65. The van der Waals surface area contributed by atoms with Crippen molar-refractivity contribution in [1.82, 2.24) is 0 Å². The zero-order chi connectivity index (χ0) is 14.9. The van der Waals surface area contributed by atoms with Gasteiger partial charge in [0.1, 0.15) is 5.75 Å². The highest BCUT2D eigenvalue weighted by Crippen LogP contribution is 2.30. The first-order valence-corrected chi connectivity index (χ1v) is 9.18. The Morgan fingerprint density at radius 3 is 2.48 bits per heavy atom. The van der Waals surface area contributed by atoms with E-state index in [-0.39, 0.29) is 0 Å². The van der Waals surface area contributed by atoms with E-state index in [1.807, 2.05) is 0 Å². The zero-order valence-corrected chi connectivity index (χ0v) is 14.5. The van der Waals surface area contributed by atoms with Crippen LogP contribution >= 0.6 is 15.9 Å². The molecule has 0 amide bonds. The lowest BCUT2D eigenvalue weighted by Crippen LogP contribution is -2.00. The van der Waals surface area contributed by atoms with Gasteiger partial charge in [-0.15, -0.1) is 0 Å². The summed E-state index contributed by atoms with van der Waals surface area (Å²) in [6.45, 7) is 3.08. The van der Waals surface area contributed by atoms with Gasteiger partial charge in [-0.3, -0.25) is 0 Å². The number of halogens is 1. The van der Waals surface area contributed by atoms with Crippen molar-refractivity contribution in [3.05, 3.63) is 42.0 Å². The van der Waals surface area contributed by atoms with Crippen LogP contribution in [0.2, 0.25) is 0 Å². The van der Waals surface area contributed by atoms with Crippen LogP contribution in [0.5, 0.6) is 5.75 Å². The third-order valence-corrected chi connectivity index (χ3v) is 4.45. The van der Waals surface area contributed by atoms with Gasteiger partial charge in [-0.1, -0.05) is 85.3 Å². The van der Waals surface area contributed by atoms with Gasteiger partial charge in [0.05, 0.1) is 6.61 Å². The van der Waals surface area contributed by atoms with Crippen molar-refractivity contribution in [1.29, 1.82) is 0 Å². The summed E-state index contributed by atoms with van der Waals surface area (Å²) in [5.41, 5.74) is 1.26. The first-order chi connectivity index (χ1) is 10.4. The van der Waals surface area contributed by atoms with Gasteiger partial charge in [-0.2, -0.15) is 0 Å². The second-order valence-electron chi connectivity index (χ2n) is 5.51. The van der Waals surface area contributed by atoms with E-state index in [9.17, 15) is 0 Å². The van der Waals surface area contributed by atoms with E-state index < -0.39 is 0 Å². The fourth-order valence-corrected chi connectivity index (χ4v) is 3.23. The van der Waals surface area contributed by atoms with Gasteiger partial charge in [0, 0.05) is 10.9 Å². The van der Waals surface area contributed by atoms with Crippen LogP contribution in [0.25, 0.3) is 10.8 Å². The molecule has 0 bridgehead atoms. The van der Waals surface area contributed by atoms with Crippen molar-refractivity contribution >= 4 is 26.7 Å². The van der Waals surface area contributed by atoms with Crippen LogP contribution in [-0.2, 0) is 5.33 Å². The molecule has 0 aromatic heterocycles. The number of hydrogen-bond donors (Lipinski definition) is 0. The highest BCUT2D eigenvalue weighted by Gasteiger charge is 2.07. The van der Waals surface area contributed by atoms with E-state index in [0.717, 1.165) is 24.1 Å². The summed E-state index contributed by atoms with van der Waals surface area (Å²) in [6, 6.07) is 12.7. The molecule has 21 heavy (non-hydrogen) atoms. The van der Waals surface area contributed by atoms with E-state index in [1.54, 1.807) is 0 Å². The molecule has 0 saturated heterocycles. The maximum Gasteiger partial charge on any atom is 0.123 e. The monoisotopic (exact) mass is 348 g/mol. The number of fused-ring (bicyclic) bond motifs is 1. The Balaban J connectivity index is 1.90. The van der Waals surface area contributed by atoms with Crippen molar-refractivity contribution in [3.63, 3.8) is 0 Å². The molecule has 0 spiro atoms. The SMILES string of the molecule is CCCCCCCCOc1ccc2ccccc2c1CBr. The Bertz CT molecular complexity index is 550. The van der Waals surface area contributed by atoms with Gasteiger partial charge in [0.25, 0.3) is 0 Å². The summed E-state index contributed by atoms with van der Waals surface area (Å²) < 4.78 is 6.01. The van der Waals surface area contributed by atoms with Gasteiger partial charge in [0.2, 0.25) is 0 Å². The number of unbranched alkanes of at least 4 members (excludes halogenated alkanes) is 5. The highest BCUT2D eigenvalue weighted by molar-refractivity contribution is 9.08. The van der Waals surface area contributed by atoms with Crippen molar-refractivity contribution in [2.24, 2.45) is 0 Å². The maximum absolute atomic E-state index is 6.01. The minimum Gasteiger partial charge on any atom is -0.493 e. The topological polar surface area (TPSA) is 9.23 Å². The average Bonchev–Trinajstić information content (AvgIpc) is 2.53. The van der Waals surface area contributed by atoms with Crippen LogP contribution in [0, 0.1) is 0 Å². The Morgan fingerprint density at radius 2 is 1.67 bits per heavy atom. The smallest absolute Gasteiger partial charge is 0.123 e. The Morgan fingerprint density at radius 1 is 0.905 bits per heavy atom. The third kappa shape index (κ3) is 4.74. The lowest BCUT2D eigenvalue weighted by Gasteiger charge is -2.12. The first-order valence-electron chi connectivity index (χ1n) is 8.06. The molecule has 0 atom stereocenters. The number of hydrogen-bond acceptors (Lipinski definition) is 1. The minimum atomic E-state index is 0.824. The molecule has 0 unspecified atom stereocenters. The molecular formula is C19H25BrO. The van der Waals surface area contributed by atoms with E-state index in [0.29, 0.717) is 0 Å². The summed E-state index contributed by atoms with van der Waals surface area (Å²) in [5.74, 6) is 1.03. The predicted molar refractivity (Wildman–Crippen MR) is 95.5 cm³/mol. The molecule has 0 heterocycles. The second-order valence-corrected chi connectivity index (χ2v) is 6.07. The molecule has 1 nitrogen and oxygen atoms in total. The average molecular weight is 349 g/mol. The van der Waals surface area contributed by atoms with E-state index in [2.05, 4.69) is 59.3 Å². The quantitative estimate of drug-likeness (QED) is 0.372. The normalized spacial score (nSPS) is 11.0. The summed E-state index contributed by atoms with van der Waals surface area (Å²) in [5, 5.41) is 3.40. The molecule has 2 heteroatoms. The van der Waals surface area contributed by atoms with Crippen molar-refractivity contribution in [2.45, 2.75) is 50.8 Å². The summed E-state index contributed by atoms with van der Waals surface area (Å²) >= 11 is 3.60. The number of benzene rings is 2. The molecule has 0 N–H and O–H groups in total. The molecule has 114 valence electrons. The van der Waals surface area contributed by atoms with Crippen molar-refractivity contribution in [3.8, 4) is 5.75 Å².